The van der Waals surface area contributed by atoms with Gasteiger partial charge < -0.3 is 11.1 Å². The molecular weight excluding hydrogens is 188 g/mol. The molecule has 76 valence electrons. The first-order valence-corrected chi connectivity index (χ1v) is 4.48. The molecule has 1 heterocycles. The first kappa shape index (κ1) is 9.33. The highest BCUT2D eigenvalue weighted by Gasteiger charge is 2.26. The smallest absolute Gasteiger partial charge is 0.168 e. The molecule has 0 aromatic carbocycles. The number of pyridine rings is 1. The van der Waals surface area contributed by atoms with Crippen LogP contribution in [0.4, 0.5) is 14.6 Å². The van der Waals surface area contributed by atoms with E-state index in [0.29, 0.717) is 0 Å². The summed E-state index contributed by atoms with van der Waals surface area (Å²) in [6.07, 6.45) is 2.60. The molecule has 0 unspecified atom stereocenters. The van der Waals surface area contributed by atoms with Gasteiger partial charge in [0.1, 0.15) is 5.82 Å². The van der Waals surface area contributed by atoms with E-state index in [-0.39, 0.29) is 17.9 Å². The maximum absolute atomic E-state index is 13.1. The fourth-order valence-corrected chi connectivity index (χ4v) is 1.49. The molecule has 5 heteroatoms. The van der Waals surface area contributed by atoms with Gasteiger partial charge in [-0.3, -0.25) is 0 Å². The molecule has 0 radical (unpaired) electrons. The summed E-state index contributed by atoms with van der Waals surface area (Å²) < 4.78 is 25.6. The van der Waals surface area contributed by atoms with Crippen LogP contribution in [0.1, 0.15) is 12.8 Å². The SMILES string of the molecule is NC1CC(Nc2ncc(F)cc2F)C1. The predicted octanol–water partition coefficient (Wildman–Crippen LogP) is 1.26. The van der Waals surface area contributed by atoms with Gasteiger partial charge in [0.05, 0.1) is 6.20 Å². The minimum Gasteiger partial charge on any atom is -0.365 e. The van der Waals surface area contributed by atoms with Gasteiger partial charge in [0.15, 0.2) is 11.6 Å². The van der Waals surface area contributed by atoms with E-state index in [1.807, 2.05) is 0 Å². The molecule has 1 saturated carbocycles. The normalized spacial score (nSPS) is 25.6. The second-order valence-corrected chi connectivity index (χ2v) is 3.56. The Bertz CT molecular complexity index is 337. The summed E-state index contributed by atoms with van der Waals surface area (Å²) in [6.45, 7) is 0. The highest BCUT2D eigenvalue weighted by Crippen LogP contribution is 2.22. The van der Waals surface area contributed by atoms with Crippen molar-refractivity contribution in [1.29, 1.82) is 0 Å². The van der Waals surface area contributed by atoms with Gasteiger partial charge in [0.25, 0.3) is 0 Å². The van der Waals surface area contributed by atoms with E-state index < -0.39 is 11.6 Å². The lowest BCUT2D eigenvalue weighted by Gasteiger charge is -2.33. The lowest BCUT2D eigenvalue weighted by atomic mass is 9.88. The Hall–Kier alpha value is -1.23. The minimum atomic E-state index is -0.668. The Kier molecular flexibility index (Phi) is 2.33. The predicted molar refractivity (Wildman–Crippen MR) is 48.8 cm³/mol. The molecule has 14 heavy (non-hydrogen) atoms. The Balaban J connectivity index is 2.02. The van der Waals surface area contributed by atoms with Crippen LogP contribution in [0.15, 0.2) is 12.3 Å². The van der Waals surface area contributed by atoms with Crippen LogP contribution in [-0.4, -0.2) is 17.1 Å². The summed E-state index contributed by atoms with van der Waals surface area (Å²) in [6, 6.07) is 1.17. The van der Waals surface area contributed by atoms with E-state index in [1.165, 1.54) is 0 Å². The van der Waals surface area contributed by atoms with Gasteiger partial charge in [-0.1, -0.05) is 0 Å². The molecule has 3 N–H and O–H groups in total. The molecule has 3 nitrogen and oxygen atoms in total. The standard InChI is InChI=1S/C9H11F2N3/c10-5-1-8(11)9(13-4-5)14-7-2-6(12)3-7/h1,4,6-7H,2-3,12H2,(H,13,14). The monoisotopic (exact) mass is 199 g/mol. The summed E-state index contributed by atoms with van der Waals surface area (Å²) in [5, 5.41) is 2.87. The molecule has 1 aromatic heterocycles. The number of hydrogen-bond donors (Lipinski definition) is 2. The topological polar surface area (TPSA) is 50.9 Å². The van der Waals surface area contributed by atoms with Gasteiger partial charge in [-0.15, -0.1) is 0 Å². The van der Waals surface area contributed by atoms with E-state index in [4.69, 9.17) is 5.73 Å². The van der Waals surface area contributed by atoms with Gasteiger partial charge in [-0.25, -0.2) is 13.8 Å². The highest BCUT2D eigenvalue weighted by molar-refractivity contribution is 5.37. The van der Waals surface area contributed by atoms with E-state index in [9.17, 15) is 8.78 Å². The van der Waals surface area contributed by atoms with Crippen LogP contribution >= 0.6 is 0 Å². The molecule has 1 aromatic rings. The third-order valence-corrected chi connectivity index (χ3v) is 2.32. The van der Waals surface area contributed by atoms with Crippen LogP contribution in [0.3, 0.4) is 0 Å². The van der Waals surface area contributed by atoms with Crippen LogP contribution < -0.4 is 11.1 Å². The van der Waals surface area contributed by atoms with Crippen molar-refractivity contribution in [2.24, 2.45) is 5.73 Å². The highest BCUT2D eigenvalue weighted by atomic mass is 19.1. The minimum absolute atomic E-state index is 0.100. The molecule has 2 rings (SSSR count). The molecule has 1 aliphatic rings. The van der Waals surface area contributed by atoms with Crippen LogP contribution in [0.2, 0.25) is 0 Å². The molecule has 1 aliphatic carbocycles. The lowest BCUT2D eigenvalue weighted by Crippen LogP contribution is -2.44. The van der Waals surface area contributed by atoms with Crippen LogP contribution in [0.5, 0.6) is 0 Å². The number of nitrogens with one attached hydrogen (secondary N) is 1. The van der Waals surface area contributed by atoms with Gasteiger partial charge in [-0.05, 0) is 12.8 Å². The van der Waals surface area contributed by atoms with Gasteiger partial charge >= 0.3 is 0 Å². The quantitative estimate of drug-likeness (QED) is 0.754. The zero-order valence-electron chi connectivity index (χ0n) is 7.50. The molecule has 0 amide bonds. The maximum atomic E-state index is 13.1. The van der Waals surface area contributed by atoms with Crippen molar-refractivity contribution in [1.82, 2.24) is 4.98 Å². The zero-order valence-corrected chi connectivity index (χ0v) is 7.50. The second-order valence-electron chi connectivity index (χ2n) is 3.56. The fourth-order valence-electron chi connectivity index (χ4n) is 1.49. The van der Waals surface area contributed by atoms with Crippen molar-refractivity contribution in [2.45, 2.75) is 24.9 Å². The van der Waals surface area contributed by atoms with Crippen LogP contribution in [0, 0.1) is 11.6 Å². The van der Waals surface area contributed by atoms with Crippen molar-refractivity contribution >= 4 is 5.82 Å². The summed E-state index contributed by atoms with van der Waals surface area (Å²) in [7, 11) is 0. The Morgan fingerprint density at radius 3 is 2.71 bits per heavy atom. The Morgan fingerprint density at radius 1 is 1.43 bits per heavy atom. The van der Waals surface area contributed by atoms with E-state index in [1.54, 1.807) is 0 Å². The van der Waals surface area contributed by atoms with E-state index in [2.05, 4.69) is 10.3 Å². The van der Waals surface area contributed by atoms with Crippen molar-refractivity contribution in [3.8, 4) is 0 Å². The maximum Gasteiger partial charge on any atom is 0.168 e. The fraction of sp³-hybridized carbons (Fsp3) is 0.444. The Labute approximate surface area is 80.3 Å². The van der Waals surface area contributed by atoms with Crippen molar-refractivity contribution in [3.63, 3.8) is 0 Å². The van der Waals surface area contributed by atoms with Crippen molar-refractivity contribution in [2.75, 3.05) is 5.32 Å². The number of nitrogens with zero attached hydrogens (tertiary/aromatic N) is 1. The number of halogens is 2. The Morgan fingerprint density at radius 2 is 2.14 bits per heavy atom. The molecule has 0 aliphatic heterocycles. The molecule has 0 saturated heterocycles. The summed E-state index contributed by atoms with van der Waals surface area (Å²) >= 11 is 0. The summed E-state index contributed by atoms with van der Waals surface area (Å²) in [5.74, 6) is -1.23. The third-order valence-electron chi connectivity index (χ3n) is 2.32. The van der Waals surface area contributed by atoms with E-state index >= 15 is 0 Å². The third kappa shape index (κ3) is 1.82. The summed E-state index contributed by atoms with van der Waals surface area (Å²) in [4.78, 5) is 3.62. The average molecular weight is 199 g/mol. The summed E-state index contributed by atoms with van der Waals surface area (Å²) in [5.41, 5.74) is 5.57. The molecule has 0 bridgehead atoms. The number of aromatic nitrogens is 1. The average Bonchev–Trinajstić information content (AvgIpc) is 2.06. The van der Waals surface area contributed by atoms with Crippen LogP contribution in [-0.2, 0) is 0 Å². The number of anilines is 1. The number of rotatable bonds is 2. The van der Waals surface area contributed by atoms with E-state index in [0.717, 1.165) is 25.1 Å². The van der Waals surface area contributed by atoms with Gasteiger partial charge in [-0.2, -0.15) is 0 Å². The van der Waals surface area contributed by atoms with Gasteiger partial charge in [0, 0.05) is 18.2 Å². The van der Waals surface area contributed by atoms with Crippen molar-refractivity contribution in [3.05, 3.63) is 23.9 Å². The first-order chi connectivity index (χ1) is 6.65. The zero-order chi connectivity index (χ0) is 10.1. The van der Waals surface area contributed by atoms with Crippen LogP contribution in [0.25, 0.3) is 0 Å². The number of hydrogen-bond acceptors (Lipinski definition) is 3. The number of nitrogens with two attached hydrogens (primary N) is 1. The molecule has 0 atom stereocenters. The molecular formula is C9H11F2N3. The second kappa shape index (κ2) is 3.49. The molecule has 1 fully saturated rings. The molecule has 0 spiro atoms. The lowest BCUT2D eigenvalue weighted by molar-refractivity contribution is 0.371. The first-order valence-electron chi connectivity index (χ1n) is 4.48. The van der Waals surface area contributed by atoms with Gasteiger partial charge in [0.2, 0.25) is 0 Å². The van der Waals surface area contributed by atoms with Crippen molar-refractivity contribution < 1.29 is 8.78 Å². The largest absolute Gasteiger partial charge is 0.365 e.